The van der Waals surface area contributed by atoms with Gasteiger partial charge in [0.25, 0.3) is 11.6 Å². The predicted octanol–water partition coefficient (Wildman–Crippen LogP) is 2.19. The van der Waals surface area contributed by atoms with E-state index in [1.165, 1.54) is 12.1 Å². The molecule has 0 radical (unpaired) electrons. The van der Waals surface area contributed by atoms with E-state index in [2.05, 4.69) is 20.8 Å². The lowest BCUT2D eigenvalue weighted by Gasteiger charge is -2.09. The summed E-state index contributed by atoms with van der Waals surface area (Å²) in [6.07, 6.45) is 0. The Morgan fingerprint density at radius 1 is 1.09 bits per heavy atom. The van der Waals surface area contributed by atoms with Crippen LogP contribution in [-0.2, 0) is 4.79 Å². The zero-order valence-electron chi connectivity index (χ0n) is 17.5. The number of aromatic nitrogens is 2. The number of benzene rings is 2. The summed E-state index contributed by atoms with van der Waals surface area (Å²) in [5.41, 5.74) is 1.59. The van der Waals surface area contributed by atoms with Gasteiger partial charge in [-0.3, -0.25) is 19.7 Å². The second-order valence-corrected chi connectivity index (χ2v) is 6.79. The number of nitrogens with zero attached hydrogens (tertiary/aromatic N) is 3. The molecule has 0 aliphatic heterocycles. The first-order valence-corrected chi connectivity index (χ1v) is 9.68. The van der Waals surface area contributed by atoms with E-state index in [4.69, 9.17) is 9.26 Å². The summed E-state index contributed by atoms with van der Waals surface area (Å²) in [6.45, 7) is 3.60. The van der Waals surface area contributed by atoms with Gasteiger partial charge >= 0.3 is 11.8 Å². The molecule has 11 nitrogen and oxygen atoms in total. The summed E-state index contributed by atoms with van der Waals surface area (Å²) in [7, 11) is 0. The van der Waals surface area contributed by atoms with Crippen LogP contribution in [0.2, 0.25) is 0 Å². The number of aryl methyl sites for hydroxylation is 1. The Kier molecular flexibility index (Phi) is 7.11. The second kappa shape index (κ2) is 10.2. The molecule has 0 spiro atoms. The molecule has 0 unspecified atom stereocenters. The quantitative estimate of drug-likeness (QED) is 0.293. The maximum absolute atomic E-state index is 12.2. The molecule has 3 aromatic rings. The number of carbonyl (C=O) groups is 2. The third kappa shape index (κ3) is 5.45. The Bertz CT molecular complexity index is 1140. The van der Waals surface area contributed by atoms with Gasteiger partial charge in [-0.2, -0.15) is 4.98 Å². The highest BCUT2D eigenvalue weighted by molar-refractivity contribution is 5.90. The molecular formula is C21H21N5O6. The minimum absolute atomic E-state index is 0.0676. The van der Waals surface area contributed by atoms with Crippen molar-refractivity contribution >= 4 is 17.5 Å². The Hall–Kier alpha value is -4.28. The van der Waals surface area contributed by atoms with E-state index < -0.39 is 10.8 Å². The standard InChI is InChI=1S/C21H21N5O6/c1-13-6-3-4-9-17(13)31-12-18(27)22-10-11-23-20(28)21-24-19(25-32-21)15-7-5-8-16(14(15)2)26(29)30/h3-9H,10-12H2,1-2H3,(H,22,27)(H,23,28). The summed E-state index contributed by atoms with van der Waals surface area (Å²) < 4.78 is 10.4. The van der Waals surface area contributed by atoms with Crippen molar-refractivity contribution in [3.63, 3.8) is 0 Å². The molecule has 11 heteroatoms. The average Bonchev–Trinajstić information content (AvgIpc) is 3.26. The van der Waals surface area contributed by atoms with Crippen molar-refractivity contribution in [2.75, 3.05) is 19.7 Å². The molecule has 0 aliphatic rings. The lowest BCUT2D eigenvalue weighted by atomic mass is 10.1. The molecule has 2 aromatic carbocycles. The van der Waals surface area contributed by atoms with Gasteiger partial charge in [-0.25, -0.2) is 0 Å². The number of hydrogen-bond donors (Lipinski definition) is 2. The van der Waals surface area contributed by atoms with E-state index in [-0.39, 0.29) is 43.0 Å². The van der Waals surface area contributed by atoms with E-state index in [0.717, 1.165) is 5.56 Å². The average molecular weight is 439 g/mol. The molecule has 3 rings (SSSR count). The normalized spacial score (nSPS) is 10.4. The molecule has 0 saturated carbocycles. The largest absolute Gasteiger partial charge is 0.484 e. The third-order valence-corrected chi connectivity index (χ3v) is 4.55. The highest BCUT2D eigenvalue weighted by Gasteiger charge is 2.20. The van der Waals surface area contributed by atoms with Gasteiger partial charge in [-0.05, 0) is 25.5 Å². The van der Waals surface area contributed by atoms with Gasteiger partial charge in [-0.1, -0.05) is 35.5 Å². The number of para-hydroxylation sites is 1. The number of nitrogens with one attached hydrogen (secondary N) is 2. The number of hydrogen-bond acceptors (Lipinski definition) is 8. The Morgan fingerprint density at radius 2 is 1.84 bits per heavy atom. The van der Waals surface area contributed by atoms with Crippen LogP contribution in [0.5, 0.6) is 5.75 Å². The molecule has 166 valence electrons. The lowest BCUT2D eigenvalue weighted by Crippen LogP contribution is -2.36. The fraction of sp³-hybridized carbons (Fsp3) is 0.238. The third-order valence-electron chi connectivity index (χ3n) is 4.55. The minimum atomic E-state index is -0.628. The SMILES string of the molecule is Cc1ccccc1OCC(=O)NCCNC(=O)c1nc(-c2cccc([N+](=O)[O-])c2C)no1. The van der Waals surface area contributed by atoms with Crippen LogP contribution in [0.25, 0.3) is 11.4 Å². The van der Waals surface area contributed by atoms with Crippen molar-refractivity contribution in [2.45, 2.75) is 13.8 Å². The van der Waals surface area contributed by atoms with Crippen molar-refractivity contribution in [1.29, 1.82) is 0 Å². The van der Waals surface area contributed by atoms with E-state index >= 15 is 0 Å². The van der Waals surface area contributed by atoms with E-state index in [1.54, 1.807) is 19.1 Å². The molecule has 0 saturated heterocycles. The molecule has 1 heterocycles. The summed E-state index contributed by atoms with van der Waals surface area (Å²) in [5.74, 6) is -0.554. The number of rotatable bonds is 9. The van der Waals surface area contributed by atoms with Gasteiger partial charge in [-0.15, -0.1) is 0 Å². The Balaban J connectivity index is 1.47. The molecular weight excluding hydrogens is 418 g/mol. The number of amides is 2. The van der Waals surface area contributed by atoms with Crippen LogP contribution in [0.1, 0.15) is 21.8 Å². The molecule has 1 aromatic heterocycles. The summed E-state index contributed by atoms with van der Waals surface area (Å²) in [4.78, 5) is 38.6. The molecule has 2 amide bonds. The molecule has 32 heavy (non-hydrogen) atoms. The number of ether oxygens (including phenoxy) is 1. The van der Waals surface area contributed by atoms with Crippen LogP contribution >= 0.6 is 0 Å². The highest BCUT2D eigenvalue weighted by Crippen LogP contribution is 2.27. The first kappa shape index (κ1) is 22.4. The fourth-order valence-electron chi connectivity index (χ4n) is 2.85. The topological polar surface area (TPSA) is 149 Å². The van der Waals surface area contributed by atoms with Gasteiger partial charge in [0.2, 0.25) is 5.82 Å². The van der Waals surface area contributed by atoms with Crippen molar-refractivity contribution in [3.8, 4) is 17.1 Å². The summed E-state index contributed by atoms with van der Waals surface area (Å²) >= 11 is 0. The maximum atomic E-state index is 12.2. The Labute approximate surface area is 182 Å². The fourth-order valence-corrected chi connectivity index (χ4v) is 2.85. The molecule has 0 fully saturated rings. The van der Waals surface area contributed by atoms with Crippen molar-refractivity contribution in [2.24, 2.45) is 0 Å². The van der Waals surface area contributed by atoms with Crippen LogP contribution in [0, 0.1) is 24.0 Å². The molecule has 0 aliphatic carbocycles. The predicted molar refractivity (Wildman–Crippen MR) is 113 cm³/mol. The van der Waals surface area contributed by atoms with Crippen LogP contribution < -0.4 is 15.4 Å². The molecule has 0 atom stereocenters. The second-order valence-electron chi connectivity index (χ2n) is 6.79. The summed E-state index contributed by atoms with van der Waals surface area (Å²) in [6, 6.07) is 11.8. The van der Waals surface area contributed by atoms with Gasteiger partial charge in [0.05, 0.1) is 4.92 Å². The van der Waals surface area contributed by atoms with Crippen LogP contribution in [0.3, 0.4) is 0 Å². The van der Waals surface area contributed by atoms with E-state index in [9.17, 15) is 19.7 Å². The van der Waals surface area contributed by atoms with Gasteiger partial charge in [0.15, 0.2) is 6.61 Å². The van der Waals surface area contributed by atoms with Gasteiger partial charge in [0.1, 0.15) is 5.75 Å². The smallest absolute Gasteiger partial charge is 0.316 e. The van der Waals surface area contributed by atoms with Gasteiger partial charge < -0.3 is 19.9 Å². The lowest BCUT2D eigenvalue weighted by molar-refractivity contribution is -0.385. The first-order valence-electron chi connectivity index (χ1n) is 9.68. The Morgan fingerprint density at radius 3 is 2.59 bits per heavy atom. The number of carbonyl (C=O) groups excluding carboxylic acids is 2. The van der Waals surface area contributed by atoms with Gasteiger partial charge in [0, 0.05) is 30.3 Å². The zero-order chi connectivity index (χ0) is 23.1. The van der Waals surface area contributed by atoms with Crippen molar-refractivity contribution in [1.82, 2.24) is 20.8 Å². The van der Waals surface area contributed by atoms with Crippen LogP contribution in [-0.4, -0.2) is 46.6 Å². The number of nitro benzene ring substituents is 1. The van der Waals surface area contributed by atoms with Crippen molar-refractivity contribution in [3.05, 3.63) is 69.6 Å². The molecule has 2 N–H and O–H groups in total. The van der Waals surface area contributed by atoms with Crippen molar-refractivity contribution < 1.29 is 23.8 Å². The van der Waals surface area contributed by atoms with E-state index in [0.29, 0.717) is 16.9 Å². The monoisotopic (exact) mass is 439 g/mol. The first-order chi connectivity index (χ1) is 15.4. The summed E-state index contributed by atoms with van der Waals surface area (Å²) in [5, 5.41) is 20.0. The molecule has 0 bridgehead atoms. The maximum Gasteiger partial charge on any atom is 0.316 e. The minimum Gasteiger partial charge on any atom is -0.484 e. The number of nitro groups is 1. The van der Waals surface area contributed by atoms with Crippen LogP contribution in [0.4, 0.5) is 5.69 Å². The van der Waals surface area contributed by atoms with Crippen LogP contribution in [0.15, 0.2) is 47.0 Å². The highest BCUT2D eigenvalue weighted by atomic mass is 16.6. The van der Waals surface area contributed by atoms with E-state index in [1.807, 2.05) is 25.1 Å². The zero-order valence-corrected chi connectivity index (χ0v) is 17.5.